The van der Waals surface area contributed by atoms with Gasteiger partial charge in [0.1, 0.15) is 4.88 Å². The first-order valence-electron chi connectivity index (χ1n) is 6.33. The van der Waals surface area contributed by atoms with E-state index in [0.717, 1.165) is 22.6 Å². The van der Waals surface area contributed by atoms with Gasteiger partial charge in [0.25, 0.3) is 5.89 Å². The standard InChI is InChI=1S/C14H14N4OS/c1-3-9-4-6-10(7-5-9)12-17-13(19-18-12)11-8(2)16-14(15)20-11/h4-7H,3H2,1-2H3,(H2,15,16). The molecule has 2 aromatic heterocycles. The van der Waals surface area contributed by atoms with Gasteiger partial charge in [-0.15, -0.1) is 0 Å². The smallest absolute Gasteiger partial charge is 0.270 e. The number of nitrogens with zero attached hydrogens (tertiary/aromatic N) is 3. The topological polar surface area (TPSA) is 77.8 Å². The molecule has 0 aliphatic rings. The van der Waals surface area contributed by atoms with Gasteiger partial charge in [-0.3, -0.25) is 0 Å². The van der Waals surface area contributed by atoms with Gasteiger partial charge >= 0.3 is 0 Å². The first-order chi connectivity index (χ1) is 9.67. The van der Waals surface area contributed by atoms with Crippen molar-refractivity contribution in [1.29, 1.82) is 0 Å². The van der Waals surface area contributed by atoms with Crippen LogP contribution in [0.2, 0.25) is 0 Å². The zero-order chi connectivity index (χ0) is 14.1. The molecule has 0 saturated carbocycles. The second-order valence-electron chi connectivity index (χ2n) is 4.44. The van der Waals surface area contributed by atoms with Crippen LogP contribution in [0.5, 0.6) is 0 Å². The molecule has 6 heteroatoms. The first-order valence-corrected chi connectivity index (χ1v) is 7.15. The number of thiazole rings is 1. The lowest BCUT2D eigenvalue weighted by Crippen LogP contribution is -1.83. The molecule has 5 nitrogen and oxygen atoms in total. The molecule has 1 aromatic carbocycles. The lowest BCUT2D eigenvalue weighted by Gasteiger charge is -1.97. The number of benzene rings is 1. The predicted octanol–water partition coefficient (Wildman–Crippen LogP) is 3.31. The number of nitrogens with two attached hydrogens (primary N) is 1. The van der Waals surface area contributed by atoms with Gasteiger partial charge in [-0.1, -0.05) is 47.7 Å². The molecule has 0 bridgehead atoms. The molecule has 0 amide bonds. The summed E-state index contributed by atoms with van der Waals surface area (Å²) in [4.78, 5) is 9.40. The lowest BCUT2D eigenvalue weighted by atomic mass is 10.1. The van der Waals surface area contributed by atoms with Crippen LogP contribution in [0, 0.1) is 6.92 Å². The number of hydrogen-bond donors (Lipinski definition) is 1. The number of aromatic nitrogens is 3. The highest BCUT2D eigenvalue weighted by atomic mass is 32.1. The van der Waals surface area contributed by atoms with Gasteiger partial charge in [0.15, 0.2) is 5.13 Å². The van der Waals surface area contributed by atoms with Gasteiger partial charge in [-0.2, -0.15) is 4.98 Å². The van der Waals surface area contributed by atoms with Gasteiger partial charge < -0.3 is 10.3 Å². The van der Waals surface area contributed by atoms with Crippen molar-refractivity contribution in [2.75, 3.05) is 5.73 Å². The SMILES string of the molecule is CCc1ccc(-c2noc(-c3sc(N)nc3C)n2)cc1. The van der Waals surface area contributed by atoms with Crippen molar-refractivity contribution in [3.05, 3.63) is 35.5 Å². The maximum absolute atomic E-state index is 5.68. The first kappa shape index (κ1) is 12.8. The third-order valence-electron chi connectivity index (χ3n) is 3.05. The van der Waals surface area contributed by atoms with Crippen LogP contribution in [0.1, 0.15) is 18.2 Å². The Balaban J connectivity index is 1.95. The second-order valence-corrected chi connectivity index (χ2v) is 5.47. The zero-order valence-corrected chi connectivity index (χ0v) is 12.1. The van der Waals surface area contributed by atoms with E-state index in [-0.39, 0.29) is 0 Å². The monoisotopic (exact) mass is 286 g/mol. The summed E-state index contributed by atoms with van der Waals surface area (Å²) < 4.78 is 5.31. The molecule has 0 aliphatic carbocycles. The Kier molecular flexibility index (Phi) is 3.23. The van der Waals surface area contributed by atoms with Crippen LogP contribution in [0.3, 0.4) is 0 Å². The summed E-state index contributed by atoms with van der Waals surface area (Å²) in [7, 11) is 0. The van der Waals surface area contributed by atoms with Gasteiger partial charge in [-0.05, 0) is 18.9 Å². The Morgan fingerprint density at radius 1 is 1.20 bits per heavy atom. The molecule has 2 heterocycles. The molecule has 0 spiro atoms. The Hall–Kier alpha value is -2.21. The van der Waals surface area contributed by atoms with Crippen molar-refractivity contribution in [3.8, 4) is 22.2 Å². The average molecular weight is 286 g/mol. The molecular weight excluding hydrogens is 272 g/mol. The molecule has 20 heavy (non-hydrogen) atoms. The minimum absolute atomic E-state index is 0.464. The molecule has 0 radical (unpaired) electrons. The summed E-state index contributed by atoms with van der Waals surface area (Å²) in [5.41, 5.74) is 8.71. The summed E-state index contributed by atoms with van der Waals surface area (Å²) in [6, 6.07) is 8.14. The van der Waals surface area contributed by atoms with E-state index in [2.05, 4.69) is 34.2 Å². The normalized spacial score (nSPS) is 10.9. The van der Waals surface area contributed by atoms with E-state index in [4.69, 9.17) is 10.3 Å². The predicted molar refractivity (Wildman–Crippen MR) is 79.4 cm³/mol. The van der Waals surface area contributed by atoms with E-state index >= 15 is 0 Å². The Morgan fingerprint density at radius 2 is 1.95 bits per heavy atom. The molecular formula is C14H14N4OS. The fourth-order valence-electron chi connectivity index (χ4n) is 1.94. The molecule has 2 N–H and O–H groups in total. The summed E-state index contributed by atoms with van der Waals surface area (Å²) >= 11 is 1.35. The Morgan fingerprint density at radius 3 is 2.55 bits per heavy atom. The summed E-state index contributed by atoms with van der Waals surface area (Å²) in [5, 5.41) is 4.52. The minimum atomic E-state index is 0.464. The van der Waals surface area contributed by atoms with Crippen molar-refractivity contribution in [2.45, 2.75) is 20.3 Å². The van der Waals surface area contributed by atoms with Gasteiger partial charge in [0.2, 0.25) is 5.82 Å². The zero-order valence-electron chi connectivity index (χ0n) is 11.3. The molecule has 0 saturated heterocycles. The molecule has 3 rings (SSSR count). The highest BCUT2D eigenvalue weighted by molar-refractivity contribution is 7.18. The van der Waals surface area contributed by atoms with Crippen molar-refractivity contribution in [2.24, 2.45) is 0 Å². The largest absolute Gasteiger partial charge is 0.375 e. The highest BCUT2D eigenvalue weighted by Gasteiger charge is 2.16. The number of anilines is 1. The van der Waals surface area contributed by atoms with Crippen molar-refractivity contribution in [3.63, 3.8) is 0 Å². The number of nitrogen functional groups attached to an aromatic ring is 1. The third-order valence-corrected chi connectivity index (χ3v) is 4.03. The molecule has 0 atom stereocenters. The van der Waals surface area contributed by atoms with Gasteiger partial charge in [0.05, 0.1) is 5.69 Å². The van der Waals surface area contributed by atoms with Crippen LogP contribution in [-0.4, -0.2) is 15.1 Å². The van der Waals surface area contributed by atoms with Crippen molar-refractivity contribution < 1.29 is 4.52 Å². The van der Waals surface area contributed by atoms with E-state index in [1.54, 1.807) is 0 Å². The quantitative estimate of drug-likeness (QED) is 0.799. The molecule has 102 valence electrons. The van der Waals surface area contributed by atoms with Crippen LogP contribution >= 0.6 is 11.3 Å². The lowest BCUT2D eigenvalue weighted by molar-refractivity contribution is 0.433. The fraction of sp³-hybridized carbons (Fsp3) is 0.214. The van der Waals surface area contributed by atoms with E-state index in [1.165, 1.54) is 16.9 Å². The molecule has 0 unspecified atom stereocenters. The van der Waals surface area contributed by atoms with E-state index in [1.807, 2.05) is 19.1 Å². The number of aryl methyl sites for hydroxylation is 2. The van der Waals surface area contributed by atoms with Crippen LogP contribution in [0.15, 0.2) is 28.8 Å². The Bertz CT molecular complexity index is 730. The number of hydrogen-bond acceptors (Lipinski definition) is 6. The van der Waals surface area contributed by atoms with E-state index in [9.17, 15) is 0 Å². The highest BCUT2D eigenvalue weighted by Crippen LogP contribution is 2.31. The van der Waals surface area contributed by atoms with Crippen LogP contribution < -0.4 is 5.73 Å². The van der Waals surface area contributed by atoms with Gasteiger partial charge in [0, 0.05) is 5.56 Å². The van der Waals surface area contributed by atoms with Crippen LogP contribution in [-0.2, 0) is 6.42 Å². The third kappa shape index (κ3) is 2.30. The van der Waals surface area contributed by atoms with E-state index < -0.39 is 0 Å². The average Bonchev–Trinajstić information content (AvgIpc) is 3.05. The summed E-state index contributed by atoms with van der Waals surface area (Å²) in [6.07, 6.45) is 1.01. The number of rotatable bonds is 3. The molecule has 0 aliphatic heterocycles. The second kappa shape index (κ2) is 5.05. The van der Waals surface area contributed by atoms with Gasteiger partial charge in [-0.25, -0.2) is 4.98 Å². The van der Waals surface area contributed by atoms with Crippen molar-refractivity contribution in [1.82, 2.24) is 15.1 Å². The van der Waals surface area contributed by atoms with Crippen LogP contribution in [0.25, 0.3) is 22.2 Å². The minimum Gasteiger partial charge on any atom is -0.375 e. The fourth-order valence-corrected chi connectivity index (χ4v) is 2.69. The van der Waals surface area contributed by atoms with Crippen molar-refractivity contribution >= 4 is 16.5 Å². The Labute approximate surface area is 120 Å². The molecule has 3 aromatic rings. The van der Waals surface area contributed by atoms with E-state index in [0.29, 0.717) is 16.8 Å². The maximum atomic E-state index is 5.68. The molecule has 0 fully saturated rings. The summed E-state index contributed by atoms with van der Waals surface area (Å²) in [6.45, 7) is 4.00. The van der Waals surface area contributed by atoms with Crippen LogP contribution in [0.4, 0.5) is 5.13 Å². The summed E-state index contributed by atoms with van der Waals surface area (Å²) in [5.74, 6) is 1.04. The maximum Gasteiger partial charge on any atom is 0.270 e.